The van der Waals surface area contributed by atoms with Crippen molar-refractivity contribution in [3.63, 3.8) is 0 Å². The summed E-state index contributed by atoms with van der Waals surface area (Å²) in [5.74, 6) is 0. The van der Waals surface area contributed by atoms with Crippen molar-refractivity contribution < 1.29 is 79.5 Å². The van der Waals surface area contributed by atoms with E-state index in [2.05, 4.69) is 10.0 Å². The van der Waals surface area contributed by atoms with Gasteiger partial charge in [0.1, 0.15) is 73.2 Å². The monoisotopic (exact) mass is 573 g/mol. The number of aliphatic hydroxyl groups excluding tert-OH is 10. The van der Waals surface area contributed by atoms with Gasteiger partial charge in [0.15, 0.2) is 18.9 Å². The van der Waals surface area contributed by atoms with Crippen molar-refractivity contribution in [1.82, 2.24) is 0 Å². The average Bonchev–Trinajstić information content (AvgIpc) is 2.93. The zero-order valence-corrected chi connectivity index (χ0v) is 20.5. The van der Waals surface area contributed by atoms with Gasteiger partial charge < -0.3 is 79.5 Å². The lowest BCUT2D eigenvalue weighted by Gasteiger charge is -2.48. The molecule has 0 spiro atoms. The highest BCUT2D eigenvalue weighted by Gasteiger charge is 2.53. The first kappa shape index (κ1) is 32.2. The molecule has 19 heteroatoms. The van der Waals surface area contributed by atoms with Gasteiger partial charge in [-0.15, -0.1) is 0 Å². The van der Waals surface area contributed by atoms with Crippen LogP contribution in [0.15, 0.2) is 5.11 Å². The molecule has 3 heterocycles. The van der Waals surface area contributed by atoms with Crippen LogP contribution in [0.4, 0.5) is 0 Å². The summed E-state index contributed by atoms with van der Waals surface area (Å²) in [7, 11) is 0. The number of rotatable bonds is 11. The quantitative estimate of drug-likeness (QED) is 0.0475. The Bertz CT molecular complexity index is 803. The molecule has 10 N–H and O–H groups in total. The minimum Gasteiger partial charge on any atom is -0.394 e. The van der Waals surface area contributed by atoms with E-state index in [1.165, 1.54) is 0 Å². The Morgan fingerprint density at radius 1 is 0.590 bits per heavy atom. The van der Waals surface area contributed by atoms with Crippen LogP contribution in [-0.2, 0) is 28.4 Å². The van der Waals surface area contributed by atoms with E-state index in [1.54, 1.807) is 0 Å². The molecule has 0 amide bonds. The van der Waals surface area contributed by atoms with E-state index < -0.39 is 112 Å². The lowest BCUT2D eigenvalue weighted by molar-refractivity contribution is -0.379. The smallest absolute Gasteiger partial charge is 0.187 e. The van der Waals surface area contributed by atoms with Gasteiger partial charge in [0.25, 0.3) is 0 Å². The topological polar surface area (TPSA) is 306 Å². The maximum atomic E-state index is 10.7. The zero-order valence-electron chi connectivity index (χ0n) is 20.5. The van der Waals surface area contributed by atoms with Crippen LogP contribution < -0.4 is 0 Å². The number of hydrogen-bond donors (Lipinski definition) is 10. The van der Waals surface area contributed by atoms with E-state index >= 15 is 0 Å². The maximum absolute atomic E-state index is 10.7. The molecule has 0 aromatic carbocycles. The second-order valence-corrected chi connectivity index (χ2v) is 9.14. The normalized spacial score (nSPS) is 47.0. The molecular weight excluding hydrogens is 538 g/mol. The van der Waals surface area contributed by atoms with Crippen LogP contribution in [0.2, 0.25) is 0 Å². The molecule has 0 bridgehead atoms. The van der Waals surface area contributed by atoms with Crippen LogP contribution in [0.5, 0.6) is 0 Å². The summed E-state index contributed by atoms with van der Waals surface area (Å²) >= 11 is 0. The molecule has 0 aliphatic carbocycles. The van der Waals surface area contributed by atoms with Crippen molar-refractivity contribution in [3.8, 4) is 0 Å². The van der Waals surface area contributed by atoms with E-state index in [9.17, 15) is 51.1 Å². The SMILES string of the molecule is [N-]=[N+]=NCCOC1OC(CO)C(OC2OC(CO)C(OC3OC(CO)C(O)C(O)C3O)C(O)C2O)C(O)C1O. The van der Waals surface area contributed by atoms with Gasteiger partial charge in [0, 0.05) is 11.5 Å². The predicted molar refractivity (Wildman–Crippen MR) is 119 cm³/mol. The minimum absolute atomic E-state index is 0.0994. The van der Waals surface area contributed by atoms with Gasteiger partial charge in [0.2, 0.25) is 0 Å². The molecule has 0 saturated carbocycles. The van der Waals surface area contributed by atoms with Crippen molar-refractivity contribution in [2.45, 2.75) is 92.1 Å². The number of hydrogen-bond acceptors (Lipinski definition) is 17. The van der Waals surface area contributed by atoms with Crippen molar-refractivity contribution in [1.29, 1.82) is 0 Å². The second kappa shape index (κ2) is 14.5. The van der Waals surface area contributed by atoms with E-state index in [1.807, 2.05) is 0 Å². The molecule has 3 rings (SSSR count). The fourth-order valence-electron chi connectivity index (χ4n) is 4.44. The first-order chi connectivity index (χ1) is 18.6. The average molecular weight is 574 g/mol. The van der Waals surface area contributed by atoms with Gasteiger partial charge in [0.05, 0.1) is 26.4 Å². The first-order valence-electron chi connectivity index (χ1n) is 12.1. The van der Waals surface area contributed by atoms with Gasteiger partial charge >= 0.3 is 0 Å². The second-order valence-electron chi connectivity index (χ2n) is 9.14. The summed E-state index contributed by atoms with van der Waals surface area (Å²) < 4.78 is 32.4. The molecule has 3 aliphatic heterocycles. The van der Waals surface area contributed by atoms with Gasteiger partial charge in [-0.1, -0.05) is 5.11 Å². The number of aliphatic hydroxyl groups is 10. The fraction of sp³-hybridized carbons (Fsp3) is 1.00. The minimum atomic E-state index is -1.93. The van der Waals surface area contributed by atoms with Gasteiger partial charge in [-0.05, 0) is 5.53 Å². The van der Waals surface area contributed by atoms with Crippen LogP contribution in [0, 0.1) is 0 Å². The van der Waals surface area contributed by atoms with Crippen molar-refractivity contribution in [2.75, 3.05) is 33.0 Å². The van der Waals surface area contributed by atoms with Crippen LogP contribution in [0.3, 0.4) is 0 Å². The molecule has 39 heavy (non-hydrogen) atoms. The summed E-state index contributed by atoms with van der Waals surface area (Å²) in [6.45, 7) is -2.60. The van der Waals surface area contributed by atoms with Crippen molar-refractivity contribution in [2.24, 2.45) is 5.11 Å². The summed E-state index contributed by atoms with van der Waals surface area (Å²) in [6, 6.07) is 0. The standard InChI is InChI=1S/C20H35N3O16/c21-23-22-1-2-34-18-14(32)11(29)16(7(4-25)36-18)39-20-15(33)12(30)17(8(5-26)37-20)38-19-13(31)10(28)9(27)6(3-24)35-19/h6-20,24-33H,1-5H2. The van der Waals surface area contributed by atoms with Crippen molar-refractivity contribution >= 4 is 0 Å². The Morgan fingerprint density at radius 2 is 1.03 bits per heavy atom. The summed E-state index contributed by atoms with van der Waals surface area (Å²) in [5.41, 5.74) is 8.31. The van der Waals surface area contributed by atoms with E-state index in [0.717, 1.165) is 0 Å². The van der Waals surface area contributed by atoms with Gasteiger partial charge in [-0.3, -0.25) is 0 Å². The first-order valence-corrected chi connectivity index (χ1v) is 12.1. The van der Waals surface area contributed by atoms with Gasteiger partial charge in [-0.25, -0.2) is 0 Å². The third kappa shape index (κ3) is 7.12. The molecule has 0 aromatic rings. The molecular formula is C20H35N3O16. The summed E-state index contributed by atoms with van der Waals surface area (Å²) in [6.07, 6.45) is -24.7. The Morgan fingerprint density at radius 3 is 1.51 bits per heavy atom. The summed E-state index contributed by atoms with van der Waals surface area (Å²) in [4.78, 5) is 2.54. The zero-order chi connectivity index (χ0) is 28.9. The van der Waals surface area contributed by atoms with Crippen LogP contribution in [0.25, 0.3) is 10.4 Å². The predicted octanol–water partition coefficient (Wildman–Crippen LogP) is -6.24. The molecule has 0 radical (unpaired) electrons. The number of nitrogens with zero attached hydrogens (tertiary/aromatic N) is 3. The molecule has 226 valence electrons. The third-order valence-electron chi connectivity index (χ3n) is 6.61. The molecule has 15 unspecified atom stereocenters. The molecule has 3 saturated heterocycles. The highest BCUT2D eigenvalue weighted by atomic mass is 16.8. The Hall–Kier alpha value is -1.33. The van der Waals surface area contributed by atoms with E-state index in [0.29, 0.717) is 0 Å². The molecule has 3 fully saturated rings. The lowest BCUT2D eigenvalue weighted by Crippen LogP contribution is -2.66. The van der Waals surface area contributed by atoms with E-state index in [4.69, 9.17) is 34.0 Å². The third-order valence-corrected chi connectivity index (χ3v) is 6.61. The Balaban J connectivity index is 1.68. The molecule has 0 aromatic heterocycles. The van der Waals surface area contributed by atoms with E-state index in [-0.39, 0.29) is 13.2 Å². The highest BCUT2D eigenvalue weighted by Crippen LogP contribution is 2.32. The molecule has 3 aliphatic rings. The largest absolute Gasteiger partial charge is 0.394 e. The van der Waals surface area contributed by atoms with Crippen LogP contribution >= 0.6 is 0 Å². The molecule has 19 nitrogen and oxygen atoms in total. The fourth-order valence-corrected chi connectivity index (χ4v) is 4.44. The maximum Gasteiger partial charge on any atom is 0.187 e. The number of azide groups is 1. The highest BCUT2D eigenvalue weighted by molar-refractivity contribution is 4.96. The Labute approximate surface area is 220 Å². The van der Waals surface area contributed by atoms with Crippen LogP contribution in [0.1, 0.15) is 0 Å². The molecule has 15 atom stereocenters. The van der Waals surface area contributed by atoms with Crippen LogP contribution in [-0.4, -0.2) is 176 Å². The lowest BCUT2D eigenvalue weighted by atomic mass is 9.96. The van der Waals surface area contributed by atoms with Gasteiger partial charge in [-0.2, -0.15) is 0 Å². The number of ether oxygens (including phenoxy) is 6. The van der Waals surface area contributed by atoms with Crippen molar-refractivity contribution in [3.05, 3.63) is 10.4 Å². The Kier molecular flexibility index (Phi) is 12.0. The summed E-state index contributed by atoms with van der Waals surface area (Å²) in [5, 5.41) is 105.